The van der Waals surface area contributed by atoms with Crippen LogP contribution in [0.3, 0.4) is 0 Å². The van der Waals surface area contributed by atoms with Gasteiger partial charge in [-0.2, -0.15) is 5.10 Å². The number of aromatic nitrogens is 4. The van der Waals surface area contributed by atoms with E-state index in [2.05, 4.69) is 31.0 Å². The summed E-state index contributed by atoms with van der Waals surface area (Å²) in [7, 11) is 0. The van der Waals surface area contributed by atoms with Crippen molar-refractivity contribution >= 4 is 11.7 Å². The van der Waals surface area contributed by atoms with E-state index in [0.717, 1.165) is 43.1 Å². The zero-order valence-corrected chi connectivity index (χ0v) is 17.5. The van der Waals surface area contributed by atoms with E-state index in [1.165, 1.54) is 0 Å². The third-order valence-corrected chi connectivity index (χ3v) is 5.02. The first-order chi connectivity index (χ1) is 14.5. The van der Waals surface area contributed by atoms with Crippen molar-refractivity contribution in [2.75, 3.05) is 25.0 Å². The molecule has 3 aromatic rings. The lowest BCUT2D eigenvalue weighted by molar-refractivity contribution is -0.115. The Labute approximate surface area is 175 Å². The Morgan fingerprint density at radius 1 is 1.27 bits per heavy atom. The molecule has 1 fully saturated rings. The van der Waals surface area contributed by atoms with Crippen LogP contribution in [0, 0.1) is 20.8 Å². The van der Waals surface area contributed by atoms with Gasteiger partial charge in [0.15, 0.2) is 17.4 Å². The SMILES string of the molecule is Cc1cc(C)n(-c2cc(NC(=O)CN[C@@H]3CCCNC3)nc(-c3ccc(C)o3)n2)n1. The summed E-state index contributed by atoms with van der Waals surface area (Å²) in [5, 5.41) is 14.0. The van der Waals surface area contributed by atoms with E-state index in [4.69, 9.17) is 4.42 Å². The predicted molar refractivity (Wildman–Crippen MR) is 114 cm³/mol. The fourth-order valence-electron chi connectivity index (χ4n) is 3.58. The lowest BCUT2D eigenvalue weighted by Crippen LogP contribution is -2.45. The molecule has 30 heavy (non-hydrogen) atoms. The van der Waals surface area contributed by atoms with Crippen LogP contribution in [0.2, 0.25) is 0 Å². The van der Waals surface area contributed by atoms with Gasteiger partial charge in [0.25, 0.3) is 0 Å². The van der Waals surface area contributed by atoms with Gasteiger partial charge in [0, 0.05) is 24.3 Å². The van der Waals surface area contributed by atoms with Crippen molar-refractivity contribution in [1.82, 2.24) is 30.4 Å². The second kappa shape index (κ2) is 8.76. The van der Waals surface area contributed by atoms with E-state index in [0.29, 0.717) is 29.3 Å². The molecule has 158 valence electrons. The van der Waals surface area contributed by atoms with E-state index in [-0.39, 0.29) is 12.5 Å². The molecular weight excluding hydrogens is 382 g/mol. The maximum Gasteiger partial charge on any atom is 0.239 e. The van der Waals surface area contributed by atoms with Crippen LogP contribution in [0.4, 0.5) is 5.82 Å². The van der Waals surface area contributed by atoms with Crippen LogP contribution >= 0.6 is 0 Å². The zero-order chi connectivity index (χ0) is 21.1. The molecule has 0 aromatic carbocycles. The molecule has 0 saturated carbocycles. The summed E-state index contributed by atoms with van der Waals surface area (Å²) >= 11 is 0. The molecule has 1 aliphatic rings. The largest absolute Gasteiger partial charge is 0.458 e. The number of amides is 1. The van der Waals surface area contributed by atoms with Gasteiger partial charge in [-0.05, 0) is 58.4 Å². The minimum absolute atomic E-state index is 0.153. The van der Waals surface area contributed by atoms with E-state index in [9.17, 15) is 4.79 Å². The number of hydrogen-bond donors (Lipinski definition) is 3. The number of furan rings is 1. The summed E-state index contributed by atoms with van der Waals surface area (Å²) in [4.78, 5) is 21.6. The molecule has 0 unspecified atom stereocenters. The standard InChI is InChI=1S/C21H27N7O2/c1-13-9-14(2)28(27-13)19-10-18(25-21(26-19)17-7-6-15(3)30-17)24-20(29)12-23-16-5-4-8-22-11-16/h6-7,9-10,16,22-23H,4-5,8,11-12H2,1-3H3,(H,24,25,26,29)/t16-/m1/s1. The summed E-state index contributed by atoms with van der Waals surface area (Å²) in [6.45, 7) is 7.89. The minimum atomic E-state index is -0.153. The van der Waals surface area contributed by atoms with Crippen molar-refractivity contribution in [2.24, 2.45) is 0 Å². The van der Waals surface area contributed by atoms with Crippen molar-refractivity contribution in [2.45, 2.75) is 39.7 Å². The number of carbonyl (C=O) groups is 1. The molecule has 1 amide bonds. The number of nitrogens with one attached hydrogen (secondary N) is 3. The zero-order valence-electron chi connectivity index (χ0n) is 17.5. The summed E-state index contributed by atoms with van der Waals surface area (Å²) < 4.78 is 7.43. The lowest BCUT2D eigenvalue weighted by Gasteiger charge is -2.23. The molecule has 1 atom stereocenters. The van der Waals surface area contributed by atoms with E-state index < -0.39 is 0 Å². The van der Waals surface area contributed by atoms with Crippen molar-refractivity contribution in [1.29, 1.82) is 0 Å². The highest BCUT2D eigenvalue weighted by Crippen LogP contribution is 2.22. The average molecular weight is 409 g/mol. The maximum atomic E-state index is 12.5. The van der Waals surface area contributed by atoms with Gasteiger partial charge in [-0.25, -0.2) is 14.6 Å². The molecule has 9 heteroatoms. The van der Waals surface area contributed by atoms with Crippen molar-refractivity contribution < 1.29 is 9.21 Å². The van der Waals surface area contributed by atoms with Gasteiger partial charge in [0.2, 0.25) is 5.91 Å². The first-order valence-electron chi connectivity index (χ1n) is 10.2. The molecule has 9 nitrogen and oxygen atoms in total. The highest BCUT2D eigenvalue weighted by molar-refractivity contribution is 5.91. The lowest BCUT2D eigenvalue weighted by atomic mass is 10.1. The maximum absolute atomic E-state index is 12.5. The van der Waals surface area contributed by atoms with Crippen molar-refractivity contribution in [3.8, 4) is 17.4 Å². The number of nitrogens with zero attached hydrogens (tertiary/aromatic N) is 4. The molecule has 3 N–H and O–H groups in total. The monoisotopic (exact) mass is 409 g/mol. The first kappa shape index (κ1) is 20.2. The molecule has 0 bridgehead atoms. The number of rotatable bonds is 6. The van der Waals surface area contributed by atoms with Gasteiger partial charge in [-0.15, -0.1) is 0 Å². The normalized spacial score (nSPS) is 16.6. The van der Waals surface area contributed by atoms with Crippen LogP contribution in [0.1, 0.15) is 30.0 Å². The summed E-state index contributed by atoms with van der Waals surface area (Å²) in [5.41, 5.74) is 1.83. The molecule has 1 aliphatic heterocycles. The quantitative estimate of drug-likeness (QED) is 0.572. The summed E-state index contributed by atoms with van der Waals surface area (Å²) in [5.74, 6) is 2.52. The first-order valence-corrected chi connectivity index (χ1v) is 10.2. The molecule has 0 aliphatic carbocycles. The Kier molecular flexibility index (Phi) is 5.91. The fourth-order valence-corrected chi connectivity index (χ4v) is 3.58. The van der Waals surface area contributed by atoms with Gasteiger partial charge < -0.3 is 20.4 Å². The number of anilines is 1. The van der Waals surface area contributed by atoms with Gasteiger partial charge in [0.05, 0.1) is 12.2 Å². The molecule has 0 spiro atoms. The number of hydrogen-bond acceptors (Lipinski definition) is 7. The Bertz CT molecular complexity index is 1030. The molecule has 4 heterocycles. The Morgan fingerprint density at radius 2 is 2.13 bits per heavy atom. The topological polar surface area (TPSA) is 110 Å². The van der Waals surface area contributed by atoms with Gasteiger partial charge in [-0.3, -0.25) is 4.79 Å². The molecular formula is C21H27N7O2. The molecule has 0 radical (unpaired) electrons. The minimum Gasteiger partial charge on any atom is -0.458 e. The Balaban J connectivity index is 1.57. The Morgan fingerprint density at radius 3 is 2.80 bits per heavy atom. The number of piperidine rings is 1. The van der Waals surface area contributed by atoms with E-state index in [1.54, 1.807) is 10.7 Å². The fraction of sp³-hybridized carbons (Fsp3) is 0.429. The number of carbonyl (C=O) groups excluding carboxylic acids is 1. The van der Waals surface area contributed by atoms with E-state index >= 15 is 0 Å². The van der Waals surface area contributed by atoms with Crippen LogP contribution in [0.15, 0.2) is 28.7 Å². The highest BCUT2D eigenvalue weighted by Gasteiger charge is 2.17. The van der Waals surface area contributed by atoms with Crippen LogP contribution in [0.25, 0.3) is 17.4 Å². The smallest absolute Gasteiger partial charge is 0.239 e. The van der Waals surface area contributed by atoms with Crippen LogP contribution in [0.5, 0.6) is 0 Å². The van der Waals surface area contributed by atoms with Crippen molar-refractivity contribution in [3.05, 3.63) is 41.4 Å². The van der Waals surface area contributed by atoms with Crippen LogP contribution < -0.4 is 16.0 Å². The third-order valence-electron chi connectivity index (χ3n) is 5.02. The number of aryl methyl sites for hydroxylation is 3. The van der Waals surface area contributed by atoms with Crippen LogP contribution in [-0.4, -0.2) is 51.3 Å². The summed E-state index contributed by atoms with van der Waals surface area (Å²) in [6, 6.07) is 7.67. The summed E-state index contributed by atoms with van der Waals surface area (Å²) in [6.07, 6.45) is 2.18. The third kappa shape index (κ3) is 4.74. The van der Waals surface area contributed by atoms with Gasteiger partial charge >= 0.3 is 0 Å². The highest BCUT2D eigenvalue weighted by atomic mass is 16.3. The second-order valence-corrected chi connectivity index (χ2v) is 7.66. The van der Waals surface area contributed by atoms with Crippen molar-refractivity contribution in [3.63, 3.8) is 0 Å². The second-order valence-electron chi connectivity index (χ2n) is 7.66. The van der Waals surface area contributed by atoms with Gasteiger partial charge in [-0.1, -0.05) is 0 Å². The average Bonchev–Trinajstić information content (AvgIpc) is 3.31. The van der Waals surface area contributed by atoms with E-state index in [1.807, 2.05) is 39.0 Å². The Hall–Kier alpha value is -3.04. The molecule has 3 aromatic heterocycles. The van der Waals surface area contributed by atoms with Gasteiger partial charge in [0.1, 0.15) is 11.6 Å². The predicted octanol–water partition coefficient (Wildman–Crippen LogP) is 2.13. The van der Waals surface area contributed by atoms with Crippen LogP contribution in [-0.2, 0) is 4.79 Å². The molecule has 1 saturated heterocycles. The molecule has 4 rings (SSSR count).